The highest BCUT2D eigenvalue weighted by Gasteiger charge is 2.03. The van der Waals surface area contributed by atoms with E-state index in [1.807, 2.05) is 13.8 Å². The van der Waals surface area contributed by atoms with Gasteiger partial charge in [-0.05, 0) is 20.3 Å². The van der Waals surface area contributed by atoms with Gasteiger partial charge in [0.2, 0.25) is 0 Å². The van der Waals surface area contributed by atoms with Crippen LogP contribution in [0.3, 0.4) is 0 Å². The maximum absolute atomic E-state index is 5.42. The molecule has 0 N–H and O–H groups in total. The molecule has 3 heteroatoms. The van der Waals surface area contributed by atoms with Crippen LogP contribution in [-0.2, 0) is 9.68 Å². The Labute approximate surface area is 158 Å². The zero-order chi connectivity index (χ0) is 18.4. The fourth-order valence-electron chi connectivity index (χ4n) is 3.24. The van der Waals surface area contributed by atoms with Gasteiger partial charge in [0, 0.05) is 0 Å². The molecule has 0 saturated carbocycles. The third-order valence-corrected chi connectivity index (χ3v) is 4.74. The van der Waals surface area contributed by atoms with Crippen LogP contribution < -0.4 is 0 Å². The second-order valence-corrected chi connectivity index (χ2v) is 7.20. The van der Waals surface area contributed by atoms with Gasteiger partial charge in [-0.2, -0.15) is 0 Å². The number of nitrogens with zero attached hydrogens (tertiary/aromatic N) is 1. The molecule has 0 radical (unpaired) electrons. The molecule has 0 aliphatic carbocycles. The molecule has 0 aliphatic heterocycles. The van der Waals surface area contributed by atoms with Gasteiger partial charge in [0.15, 0.2) is 0 Å². The molecule has 3 nitrogen and oxygen atoms in total. The average Bonchev–Trinajstić information content (AvgIpc) is 2.61. The summed E-state index contributed by atoms with van der Waals surface area (Å²) in [4.78, 5) is 10.8. The van der Waals surface area contributed by atoms with Crippen molar-refractivity contribution < 1.29 is 9.68 Å². The number of hydrogen-bond donors (Lipinski definition) is 0. The summed E-state index contributed by atoms with van der Waals surface area (Å²) in [5, 5.41) is 1.66. The smallest absolute Gasteiger partial charge is 0.0683 e. The third-order valence-electron chi connectivity index (χ3n) is 4.74. The van der Waals surface area contributed by atoms with Gasteiger partial charge in [-0.3, -0.25) is 9.68 Å². The van der Waals surface area contributed by atoms with E-state index in [9.17, 15) is 0 Å². The van der Waals surface area contributed by atoms with Crippen molar-refractivity contribution in [3.05, 3.63) is 0 Å². The molecule has 0 aromatic carbocycles. The van der Waals surface area contributed by atoms with Crippen molar-refractivity contribution in [1.82, 2.24) is 5.23 Å². The zero-order valence-corrected chi connectivity index (χ0v) is 17.7. The number of rotatable bonds is 21. The molecular formula is C22H47NO2. The minimum absolute atomic E-state index is 0.679. The number of hydroxylamine groups is 2. The Morgan fingerprint density at radius 2 is 0.760 bits per heavy atom. The van der Waals surface area contributed by atoms with E-state index < -0.39 is 0 Å². The van der Waals surface area contributed by atoms with Crippen LogP contribution >= 0.6 is 0 Å². The van der Waals surface area contributed by atoms with Crippen LogP contribution in [0.15, 0.2) is 0 Å². The summed E-state index contributed by atoms with van der Waals surface area (Å²) in [6.07, 6.45) is 22.5. The molecule has 0 saturated heterocycles. The topological polar surface area (TPSA) is 21.7 Å². The molecule has 0 heterocycles. The van der Waals surface area contributed by atoms with Crippen LogP contribution in [0.2, 0.25) is 0 Å². The lowest BCUT2D eigenvalue weighted by molar-refractivity contribution is -0.364. The number of hydrogen-bond acceptors (Lipinski definition) is 3. The molecule has 0 atom stereocenters. The van der Waals surface area contributed by atoms with E-state index in [4.69, 9.17) is 9.68 Å². The predicted molar refractivity (Wildman–Crippen MR) is 110 cm³/mol. The van der Waals surface area contributed by atoms with Crippen LogP contribution in [0, 0.1) is 0 Å². The van der Waals surface area contributed by atoms with Gasteiger partial charge >= 0.3 is 0 Å². The Morgan fingerprint density at radius 3 is 1.08 bits per heavy atom. The molecule has 0 spiro atoms. The van der Waals surface area contributed by atoms with Crippen LogP contribution in [0.25, 0.3) is 0 Å². The highest BCUT2D eigenvalue weighted by molar-refractivity contribution is 4.50. The van der Waals surface area contributed by atoms with Crippen molar-refractivity contribution in [3.8, 4) is 0 Å². The van der Waals surface area contributed by atoms with Gasteiger partial charge in [-0.25, -0.2) is 0 Å². The highest BCUT2D eigenvalue weighted by Crippen LogP contribution is 2.13. The van der Waals surface area contributed by atoms with Crippen molar-refractivity contribution in [1.29, 1.82) is 0 Å². The lowest BCUT2D eigenvalue weighted by atomic mass is 10.0. The zero-order valence-electron chi connectivity index (χ0n) is 17.7. The quantitative estimate of drug-likeness (QED) is 0.157. The lowest BCUT2D eigenvalue weighted by Crippen LogP contribution is -2.25. The summed E-state index contributed by atoms with van der Waals surface area (Å²) in [5.41, 5.74) is 0. The Hall–Kier alpha value is -0.120. The van der Waals surface area contributed by atoms with Crippen LogP contribution in [-0.4, -0.2) is 25.0 Å². The predicted octanol–water partition coefficient (Wildman–Crippen LogP) is 7.45. The first-order valence-corrected chi connectivity index (χ1v) is 11.4. The fraction of sp³-hybridized carbons (Fsp3) is 1.00. The van der Waals surface area contributed by atoms with Crippen molar-refractivity contribution >= 4 is 0 Å². The molecule has 0 aliphatic rings. The van der Waals surface area contributed by atoms with Gasteiger partial charge in [0.25, 0.3) is 0 Å². The monoisotopic (exact) mass is 357 g/mol. The van der Waals surface area contributed by atoms with E-state index in [1.165, 1.54) is 96.3 Å². The SMILES string of the molecule is CCCCCCCCCCCCCCCCCCN(OCC)OCC. The highest BCUT2D eigenvalue weighted by atomic mass is 16.9. The molecule has 152 valence electrons. The molecule has 0 fully saturated rings. The second kappa shape index (κ2) is 21.9. The molecular weight excluding hydrogens is 310 g/mol. The Bertz CT molecular complexity index is 230. The van der Waals surface area contributed by atoms with Crippen LogP contribution in [0.1, 0.15) is 124 Å². The average molecular weight is 358 g/mol. The normalized spacial score (nSPS) is 11.5. The van der Waals surface area contributed by atoms with E-state index in [2.05, 4.69) is 6.92 Å². The van der Waals surface area contributed by atoms with Crippen LogP contribution in [0.5, 0.6) is 0 Å². The number of unbranched alkanes of at least 4 members (excludes halogenated alkanes) is 15. The minimum Gasteiger partial charge on any atom is -0.274 e. The van der Waals surface area contributed by atoms with Crippen molar-refractivity contribution in [2.75, 3.05) is 19.8 Å². The van der Waals surface area contributed by atoms with Crippen molar-refractivity contribution in [2.45, 2.75) is 124 Å². The second-order valence-electron chi connectivity index (χ2n) is 7.20. The minimum atomic E-state index is 0.679. The van der Waals surface area contributed by atoms with Gasteiger partial charge < -0.3 is 0 Å². The largest absolute Gasteiger partial charge is 0.274 e. The summed E-state index contributed by atoms with van der Waals surface area (Å²) in [6.45, 7) is 8.54. The Kier molecular flexibility index (Phi) is 21.8. The first-order valence-electron chi connectivity index (χ1n) is 11.4. The standard InChI is InChI=1S/C22H47NO2/c1-4-7-8-9-10-11-12-13-14-15-16-17-18-19-20-21-22-23(24-5-2)25-6-3/h4-22H2,1-3H3. The van der Waals surface area contributed by atoms with E-state index in [0.29, 0.717) is 13.2 Å². The first-order chi connectivity index (χ1) is 12.3. The first kappa shape index (κ1) is 24.9. The van der Waals surface area contributed by atoms with E-state index >= 15 is 0 Å². The van der Waals surface area contributed by atoms with E-state index in [-0.39, 0.29) is 0 Å². The Morgan fingerprint density at radius 1 is 0.440 bits per heavy atom. The summed E-state index contributed by atoms with van der Waals surface area (Å²) < 4.78 is 0. The molecule has 0 amide bonds. The van der Waals surface area contributed by atoms with Gasteiger partial charge in [0.1, 0.15) is 0 Å². The van der Waals surface area contributed by atoms with Crippen molar-refractivity contribution in [3.63, 3.8) is 0 Å². The fourth-order valence-corrected chi connectivity index (χ4v) is 3.24. The maximum atomic E-state index is 5.42. The molecule has 0 bridgehead atoms. The maximum Gasteiger partial charge on any atom is 0.0683 e. The van der Waals surface area contributed by atoms with E-state index in [1.54, 1.807) is 5.23 Å². The van der Waals surface area contributed by atoms with Gasteiger partial charge in [-0.1, -0.05) is 108 Å². The summed E-state index contributed by atoms with van der Waals surface area (Å²) in [6, 6.07) is 0. The summed E-state index contributed by atoms with van der Waals surface area (Å²) in [7, 11) is 0. The molecule has 0 unspecified atom stereocenters. The van der Waals surface area contributed by atoms with Crippen LogP contribution in [0.4, 0.5) is 0 Å². The lowest BCUT2D eigenvalue weighted by Gasteiger charge is -2.19. The van der Waals surface area contributed by atoms with Crippen molar-refractivity contribution in [2.24, 2.45) is 0 Å². The molecule has 0 aromatic heterocycles. The Balaban J connectivity index is 3.13. The van der Waals surface area contributed by atoms with Gasteiger partial charge in [-0.15, -0.1) is 0 Å². The summed E-state index contributed by atoms with van der Waals surface area (Å²) in [5.74, 6) is 0. The van der Waals surface area contributed by atoms with Gasteiger partial charge in [0.05, 0.1) is 19.8 Å². The third kappa shape index (κ3) is 20.0. The molecule has 0 aromatic rings. The molecule has 25 heavy (non-hydrogen) atoms. The van der Waals surface area contributed by atoms with E-state index in [0.717, 1.165) is 13.0 Å². The molecule has 0 rings (SSSR count). The summed E-state index contributed by atoms with van der Waals surface area (Å²) >= 11 is 0.